The minimum absolute atomic E-state index is 0.0486. The molecule has 0 atom stereocenters. The van der Waals surface area contributed by atoms with Crippen LogP contribution in [-0.2, 0) is 19.6 Å². The summed E-state index contributed by atoms with van der Waals surface area (Å²) in [6, 6.07) is 16.9. The zero-order valence-electron chi connectivity index (χ0n) is 42.0. The van der Waals surface area contributed by atoms with Gasteiger partial charge in [-0.15, -0.1) is 0 Å². The first-order valence-electron chi connectivity index (χ1n) is 23.7. The largest absolute Gasteiger partial charge is 0.394 e. The van der Waals surface area contributed by atoms with Gasteiger partial charge in [-0.25, -0.2) is 71.2 Å². The van der Waals surface area contributed by atoms with Gasteiger partial charge in [0, 0.05) is 25.1 Å². The fourth-order valence-corrected chi connectivity index (χ4v) is 7.48. The average Bonchev–Trinajstić information content (AvgIpc) is 4.46. The maximum Gasteiger partial charge on any atom is 0.329 e. The summed E-state index contributed by atoms with van der Waals surface area (Å²) in [7, 11) is 0. The molecule has 0 saturated heterocycles. The molecule has 32 heteroatoms. The van der Waals surface area contributed by atoms with Gasteiger partial charge in [-0.3, -0.25) is 48.4 Å². The lowest BCUT2D eigenvalue weighted by atomic mass is 10.3. The molecular weight excluding hydrogens is 1120 g/mol. The molecule has 0 amide bonds. The van der Waals surface area contributed by atoms with Crippen LogP contribution < -0.4 is 22.1 Å². The van der Waals surface area contributed by atoms with Crippen LogP contribution in [0, 0.1) is 55.1 Å². The van der Waals surface area contributed by atoms with Gasteiger partial charge in [-0.05, 0) is 72.8 Å². The van der Waals surface area contributed by atoms with Crippen molar-refractivity contribution in [2.75, 3.05) is 16.4 Å². The summed E-state index contributed by atoms with van der Waals surface area (Å²) in [5, 5.41) is 27.5. The van der Waals surface area contributed by atoms with Crippen molar-refractivity contribution < 1.29 is 36.2 Å². The number of nitrogen functional groups attached to an aromatic ring is 1. The predicted octanol–water partition coefficient (Wildman–Crippen LogP) is 8.82. The van der Waals surface area contributed by atoms with E-state index < -0.39 is 44.6 Å². The third kappa shape index (κ3) is 13.8. The van der Waals surface area contributed by atoms with E-state index in [2.05, 4.69) is 70.4 Å². The topological polar surface area (TPSA) is 330 Å². The van der Waals surface area contributed by atoms with E-state index in [9.17, 15) is 46.6 Å². The molecule has 0 saturated carbocycles. The normalized spacial score (nSPS) is 10.8. The van der Waals surface area contributed by atoms with E-state index >= 15 is 0 Å². The van der Waals surface area contributed by atoms with Crippen molar-refractivity contribution in [3.63, 3.8) is 0 Å². The molecule has 12 aromatic heterocycles. The zero-order chi connectivity index (χ0) is 58.7. The number of nitrogens with two attached hydrogens (primary N) is 2. The minimum atomic E-state index is -0.680. The Morgan fingerprint density at radius 1 is 0.446 bits per heavy atom. The molecule has 12 heterocycles. The van der Waals surface area contributed by atoms with E-state index in [1.165, 1.54) is 101 Å². The van der Waals surface area contributed by atoms with Crippen LogP contribution in [0.4, 0.5) is 55.0 Å². The highest BCUT2D eigenvalue weighted by Gasteiger charge is 2.21. The third-order valence-corrected chi connectivity index (χ3v) is 11.5. The van der Waals surface area contributed by atoms with Crippen LogP contribution in [0.3, 0.4) is 0 Å². The first kappa shape index (κ1) is 56.5. The van der Waals surface area contributed by atoms with Crippen molar-refractivity contribution in [3.8, 4) is 34.6 Å². The molecule has 0 aliphatic rings. The highest BCUT2D eigenvalue weighted by atomic mass is 35.5. The number of anilines is 3. The van der Waals surface area contributed by atoms with E-state index in [-0.39, 0.29) is 40.7 Å². The third-order valence-electron chi connectivity index (χ3n) is 11.2. The first-order valence-corrected chi connectivity index (χ1v) is 24.1. The number of nitrogens with one attached hydrogen (secondary N) is 2. The van der Waals surface area contributed by atoms with Crippen LogP contribution >= 0.6 is 11.6 Å². The number of hydrogen-bond donors (Lipinski definition) is 4. The lowest BCUT2D eigenvalue weighted by Gasteiger charge is -2.09. The Kier molecular flexibility index (Phi) is 17.2. The SMILES string of the molecule is NCc1ccc(F)cn1.Nc1cnc(-c2cnc3ccc(F)cn23)nc1NCc1ccc(F)cn1.O=[N+]([O-])c1cnc(-c2cnc3ccc(F)cn23)nc1Cl.O=[N+]([O-])c1cnc(-c2cnc3ccc(F)cn23)nc1NCc1ccc(F)cn1. The maximum atomic E-state index is 13.6. The molecule has 0 aliphatic heterocycles. The van der Waals surface area contributed by atoms with Gasteiger partial charge in [0.15, 0.2) is 23.3 Å². The van der Waals surface area contributed by atoms with Gasteiger partial charge < -0.3 is 22.1 Å². The first-order chi connectivity index (χ1) is 40.0. The standard InChI is InChI=1S/C17H11F2N7O2.C17H13F2N7.C11H5ClFN5O2.C6H7FN2/c18-10-1-3-12(20-5-10)6-22-17-14(26(27)28)8-23-16(24-17)13-7-21-15-4-2-11(19)9-25(13)15;18-10-1-3-12(21-5-10)6-23-16-13(20)7-24-17(25-16)14-8-22-15-4-2-11(19)9-26(14)15;12-10-7(18(19)20)3-15-11(16-10)8-4-14-9-2-1-6(13)5-17(8)9;7-5-1-2-6(3-8)9-4-5/h1-5,7-9H,6H2,(H,22,23,24);1-5,7-9H,6,20H2,(H,23,24,25);1-5H;1-2,4H,3,8H2. The van der Waals surface area contributed by atoms with E-state index in [0.29, 0.717) is 81.5 Å². The molecule has 0 bridgehead atoms. The second kappa shape index (κ2) is 25.3. The molecule has 83 heavy (non-hydrogen) atoms. The molecule has 0 aromatic carbocycles. The summed E-state index contributed by atoms with van der Waals surface area (Å²) in [5.74, 6) is -1.61. The highest BCUT2D eigenvalue weighted by molar-refractivity contribution is 6.31. The second-order valence-electron chi connectivity index (χ2n) is 16.8. The fraction of sp³-hybridized carbons (Fsp3) is 0.0588. The Bertz CT molecular complexity index is 4290. The van der Waals surface area contributed by atoms with Crippen molar-refractivity contribution in [2.45, 2.75) is 19.6 Å². The quantitative estimate of drug-likeness (QED) is 0.0384. The van der Waals surface area contributed by atoms with Crippen LogP contribution in [0.25, 0.3) is 51.5 Å². The number of nitrogens with zero attached hydrogens (tertiary/aromatic N) is 17. The predicted molar refractivity (Wildman–Crippen MR) is 286 cm³/mol. The van der Waals surface area contributed by atoms with Crippen molar-refractivity contribution in [1.82, 2.24) is 73.0 Å². The Balaban J connectivity index is 0.000000140. The van der Waals surface area contributed by atoms with Crippen LogP contribution in [0.1, 0.15) is 17.1 Å². The summed E-state index contributed by atoms with van der Waals surface area (Å²) >= 11 is 5.73. The Morgan fingerprint density at radius 2 is 0.819 bits per heavy atom. The Hall–Kier alpha value is -11.2. The van der Waals surface area contributed by atoms with Gasteiger partial charge in [0.25, 0.3) is 0 Å². The monoisotopic (exact) mass is 1160 g/mol. The summed E-state index contributed by atoms with van der Waals surface area (Å²) in [6.45, 7) is 0.752. The van der Waals surface area contributed by atoms with Gasteiger partial charge in [0.2, 0.25) is 11.0 Å². The molecule has 6 N–H and O–H groups in total. The van der Waals surface area contributed by atoms with Crippen molar-refractivity contribution in [2.24, 2.45) is 5.73 Å². The summed E-state index contributed by atoms with van der Waals surface area (Å²) in [4.78, 5) is 69.1. The summed E-state index contributed by atoms with van der Waals surface area (Å²) in [5.41, 5.74) is 15.4. The number of aromatic nitrogens is 15. The number of nitro groups is 2. The van der Waals surface area contributed by atoms with E-state index in [4.69, 9.17) is 23.1 Å². The van der Waals surface area contributed by atoms with Gasteiger partial charge in [0.05, 0.1) is 89.1 Å². The van der Waals surface area contributed by atoms with Gasteiger partial charge in [-0.2, -0.15) is 0 Å². The van der Waals surface area contributed by atoms with Crippen molar-refractivity contribution in [1.29, 1.82) is 0 Å². The number of halogens is 7. The fourth-order valence-electron chi connectivity index (χ4n) is 7.28. The van der Waals surface area contributed by atoms with Gasteiger partial charge in [-0.1, -0.05) is 11.6 Å². The zero-order valence-corrected chi connectivity index (χ0v) is 42.8. The number of fused-ring (bicyclic) bond motifs is 3. The lowest BCUT2D eigenvalue weighted by Crippen LogP contribution is -2.08. The number of imidazole rings is 3. The molecule has 418 valence electrons. The molecule has 0 aliphatic carbocycles. The molecule has 12 rings (SSSR count). The van der Waals surface area contributed by atoms with Crippen LogP contribution in [0.5, 0.6) is 0 Å². The molecule has 12 aromatic rings. The summed E-state index contributed by atoms with van der Waals surface area (Å²) < 4.78 is 82.8. The number of hydrogen-bond acceptors (Lipinski definition) is 20. The van der Waals surface area contributed by atoms with Crippen LogP contribution in [-0.4, -0.2) is 82.9 Å². The molecule has 0 radical (unpaired) electrons. The van der Waals surface area contributed by atoms with Crippen LogP contribution in [0.2, 0.25) is 5.15 Å². The van der Waals surface area contributed by atoms with Crippen LogP contribution in [0.15, 0.2) is 147 Å². The Labute approximate surface area is 465 Å². The number of rotatable bonds is 12. The molecule has 0 spiro atoms. The van der Waals surface area contributed by atoms with Gasteiger partial charge in [0.1, 0.15) is 81.3 Å². The van der Waals surface area contributed by atoms with Crippen molar-refractivity contribution in [3.05, 3.63) is 225 Å². The van der Waals surface area contributed by atoms with E-state index in [1.807, 2.05) is 0 Å². The maximum absolute atomic E-state index is 13.6. The minimum Gasteiger partial charge on any atom is -0.394 e. The van der Waals surface area contributed by atoms with Gasteiger partial charge >= 0.3 is 11.4 Å². The molecule has 25 nitrogen and oxygen atoms in total. The molecule has 0 fully saturated rings. The molecule has 0 unspecified atom stereocenters. The van der Waals surface area contributed by atoms with Crippen molar-refractivity contribution >= 4 is 57.2 Å². The highest BCUT2D eigenvalue weighted by Crippen LogP contribution is 2.28. The second-order valence-corrected chi connectivity index (χ2v) is 17.1. The van der Waals surface area contributed by atoms with E-state index in [1.54, 1.807) is 28.8 Å². The Morgan fingerprint density at radius 3 is 1.22 bits per heavy atom. The number of pyridine rings is 6. The van der Waals surface area contributed by atoms with E-state index in [0.717, 1.165) is 31.0 Å². The summed E-state index contributed by atoms with van der Waals surface area (Å²) in [6.07, 6.45) is 15.1. The average molecular weight is 1160 g/mol. The smallest absolute Gasteiger partial charge is 0.329 e. The molecular formula is C51H36ClF6N21O4. The lowest BCUT2D eigenvalue weighted by molar-refractivity contribution is -0.385.